The van der Waals surface area contributed by atoms with Gasteiger partial charge in [-0.2, -0.15) is 0 Å². The summed E-state index contributed by atoms with van der Waals surface area (Å²) in [5, 5.41) is 13.9. The second-order valence-corrected chi connectivity index (χ2v) is 6.69. The lowest BCUT2D eigenvalue weighted by molar-refractivity contribution is -0.385. The van der Waals surface area contributed by atoms with Crippen molar-refractivity contribution in [2.24, 2.45) is 5.73 Å². The topological polar surface area (TPSA) is 137 Å². The lowest BCUT2D eigenvalue weighted by Crippen LogP contribution is -2.15. The quantitative estimate of drug-likeness (QED) is 0.520. The number of thiazole rings is 1. The Bertz CT molecular complexity index is 1090. The van der Waals surface area contributed by atoms with Crippen molar-refractivity contribution in [2.45, 2.75) is 13.8 Å². The number of amides is 2. The first-order valence-electron chi connectivity index (χ1n) is 7.70. The van der Waals surface area contributed by atoms with E-state index >= 15 is 0 Å². The standard InChI is InChI=1S/C17H14N4O5S/c1-8-3-6-12(21(24)25)9(2)14(8)20-15(22)10-4-5-11-13(7-10)27-17(19-11)26-16(18)23/h3-7H,1-2H3,(H2,18,23)(H,20,22). The van der Waals surface area contributed by atoms with Gasteiger partial charge in [0.2, 0.25) is 0 Å². The van der Waals surface area contributed by atoms with Crippen molar-refractivity contribution in [3.8, 4) is 5.19 Å². The van der Waals surface area contributed by atoms with Crippen LogP contribution in [-0.4, -0.2) is 21.9 Å². The van der Waals surface area contributed by atoms with E-state index < -0.39 is 16.9 Å². The number of hydrogen-bond donors (Lipinski definition) is 2. The summed E-state index contributed by atoms with van der Waals surface area (Å²) in [6.07, 6.45) is -0.969. The number of hydrogen-bond acceptors (Lipinski definition) is 7. The summed E-state index contributed by atoms with van der Waals surface area (Å²) in [4.78, 5) is 38.1. The number of ether oxygens (including phenoxy) is 1. The zero-order chi connectivity index (χ0) is 19.7. The monoisotopic (exact) mass is 386 g/mol. The van der Waals surface area contributed by atoms with Crippen LogP contribution in [0.3, 0.4) is 0 Å². The molecule has 0 bridgehead atoms. The van der Waals surface area contributed by atoms with Gasteiger partial charge >= 0.3 is 6.09 Å². The number of carbonyl (C=O) groups excluding carboxylic acids is 2. The van der Waals surface area contributed by atoms with Crippen LogP contribution in [-0.2, 0) is 0 Å². The lowest BCUT2D eigenvalue weighted by atomic mass is 10.1. The van der Waals surface area contributed by atoms with Crippen LogP contribution < -0.4 is 15.8 Å². The third kappa shape index (κ3) is 3.70. The minimum atomic E-state index is -0.969. The number of aryl methyl sites for hydroxylation is 1. The Hall–Kier alpha value is -3.53. The van der Waals surface area contributed by atoms with E-state index in [4.69, 9.17) is 10.5 Å². The predicted octanol–water partition coefficient (Wildman–Crippen LogP) is 3.53. The Morgan fingerprint density at radius 2 is 2.00 bits per heavy atom. The van der Waals surface area contributed by atoms with E-state index in [0.29, 0.717) is 32.6 Å². The molecule has 2 aromatic carbocycles. The highest BCUT2D eigenvalue weighted by Crippen LogP contribution is 2.31. The zero-order valence-electron chi connectivity index (χ0n) is 14.3. The van der Waals surface area contributed by atoms with Crippen LogP contribution in [0, 0.1) is 24.0 Å². The maximum absolute atomic E-state index is 12.6. The molecule has 9 nitrogen and oxygen atoms in total. The fourth-order valence-electron chi connectivity index (χ4n) is 2.59. The van der Waals surface area contributed by atoms with Gasteiger partial charge in [0.05, 0.1) is 26.4 Å². The number of fused-ring (bicyclic) bond motifs is 1. The Morgan fingerprint density at radius 3 is 2.67 bits per heavy atom. The first kappa shape index (κ1) is 18.3. The molecule has 0 fully saturated rings. The molecule has 0 atom stereocenters. The largest absolute Gasteiger partial charge is 0.411 e. The van der Waals surface area contributed by atoms with Gasteiger partial charge in [-0.1, -0.05) is 17.4 Å². The molecule has 0 spiro atoms. The van der Waals surface area contributed by atoms with Crippen molar-refractivity contribution < 1.29 is 19.2 Å². The summed E-state index contributed by atoms with van der Waals surface area (Å²) in [5.41, 5.74) is 7.27. The number of nitrogens with one attached hydrogen (secondary N) is 1. The highest BCUT2D eigenvalue weighted by molar-refractivity contribution is 7.20. The average Bonchev–Trinajstić information content (AvgIpc) is 2.98. The number of nitro groups is 1. The fraction of sp³-hybridized carbons (Fsp3) is 0.118. The minimum Gasteiger partial charge on any atom is -0.381 e. The predicted molar refractivity (Wildman–Crippen MR) is 100 cm³/mol. The smallest absolute Gasteiger partial charge is 0.381 e. The lowest BCUT2D eigenvalue weighted by Gasteiger charge is -2.12. The van der Waals surface area contributed by atoms with Crippen molar-refractivity contribution in [1.82, 2.24) is 4.98 Å². The summed E-state index contributed by atoms with van der Waals surface area (Å²) < 4.78 is 5.38. The number of benzene rings is 2. The van der Waals surface area contributed by atoms with Crippen LogP contribution in [0.25, 0.3) is 10.2 Å². The van der Waals surface area contributed by atoms with Gasteiger partial charge in [0, 0.05) is 11.6 Å². The van der Waals surface area contributed by atoms with Crippen molar-refractivity contribution in [3.05, 3.63) is 57.1 Å². The molecule has 0 saturated carbocycles. The molecule has 2 amide bonds. The molecule has 0 aliphatic carbocycles. The SMILES string of the molecule is Cc1ccc([N+](=O)[O-])c(C)c1NC(=O)c1ccc2nc(OC(N)=O)sc2c1. The molecular formula is C17H14N4O5S. The van der Waals surface area contributed by atoms with Gasteiger partial charge in [-0.15, -0.1) is 0 Å². The summed E-state index contributed by atoms with van der Waals surface area (Å²) in [5.74, 6) is -0.422. The molecule has 27 heavy (non-hydrogen) atoms. The first-order valence-corrected chi connectivity index (χ1v) is 8.51. The highest BCUT2D eigenvalue weighted by Gasteiger charge is 2.18. The van der Waals surface area contributed by atoms with Crippen LogP contribution in [0.15, 0.2) is 30.3 Å². The molecule has 138 valence electrons. The summed E-state index contributed by atoms with van der Waals surface area (Å²) >= 11 is 1.07. The molecule has 0 aliphatic rings. The number of primary amides is 1. The Kier molecular flexibility index (Phi) is 4.74. The molecule has 3 aromatic rings. The number of nitrogens with two attached hydrogens (primary N) is 1. The number of nitrogens with zero attached hydrogens (tertiary/aromatic N) is 2. The van der Waals surface area contributed by atoms with Crippen LogP contribution >= 0.6 is 11.3 Å². The summed E-state index contributed by atoms with van der Waals surface area (Å²) in [6.45, 7) is 3.34. The van der Waals surface area contributed by atoms with E-state index in [2.05, 4.69) is 10.3 Å². The number of rotatable bonds is 4. The van der Waals surface area contributed by atoms with Crippen LogP contribution in [0.1, 0.15) is 21.5 Å². The van der Waals surface area contributed by atoms with Crippen molar-refractivity contribution in [1.29, 1.82) is 0 Å². The Balaban J connectivity index is 1.91. The van der Waals surface area contributed by atoms with Crippen LogP contribution in [0.4, 0.5) is 16.2 Å². The van der Waals surface area contributed by atoms with E-state index in [-0.39, 0.29) is 10.9 Å². The number of aromatic nitrogens is 1. The van der Waals surface area contributed by atoms with Crippen molar-refractivity contribution in [2.75, 3.05) is 5.32 Å². The number of anilines is 1. The molecule has 3 N–H and O–H groups in total. The van der Waals surface area contributed by atoms with E-state index in [1.165, 1.54) is 6.07 Å². The molecule has 1 heterocycles. The van der Waals surface area contributed by atoms with Gasteiger partial charge in [-0.05, 0) is 37.6 Å². The molecule has 10 heteroatoms. The van der Waals surface area contributed by atoms with Gasteiger partial charge in [-0.25, -0.2) is 9.78 Å². The number of nitro benzene ring substituents is 1. The van der Waals surface area contributed by atoms with Gasteiger partial charge < -0.3 is 15.8 Å². The normalized spacial score (nSPS) is 10.6. The van der Waals surface area contributed by atoms with E-state index in [1.807, 2.05) is 0 Å². The maximum Gasteiger partial charge on any atom is 0.411 e. The van der Waals surface area contributed by atoms with Crippen molar-refractivity contribution in [3.63, 3.8) is 0 Å². The summed E-state index contributed by atoms with van der Waals surface area (Å²) in [7, 11) is 0. The molecule has 0 unspecified atom stereocenters. The molecule has 1 aromatic heterocycles. The molecule has 0 radical (unpaired) electrons. The Labute approximate surface area is 156 Å². The second kappa shape index (κ2) is 7.00. The van der Waals surface area contributed by atoms with Crippen molar-refractivity contribution >= 4 is 44.9 Å². The maximum atomic E-state index is 12.6. The first-order chi connectivity index (χ1) is 12.8. The molecular weight excluding hydrogens is 372 g/mol. The van der Waals surface area contributed by atoms with Gasteiger partial charge in [0.1, 0.15) is 0 Å². The van der Waals surface area contributed by atoms with E-state index in [0.717, 1.165) is 11.3 Å². The fourth-order valence-corrected chi connectivity index (χ4v) is 3.45. The average molecular weight is 386 g/mol. The Morgan fingerprint density at radius 1 is 1.26 bits per heavy atom. The third-order valence-corrected chi connectivity index (χ3v) is 4.80. The van der Waals surface area contributed by atoms with E-state index in [1.54, 1.807) is 38.1 Å². The van der Waals surface area contributed by atoms with E-state index in [9.17, 15) is 19.7 Å². The summed E-state index contributed by atoms with van der Waals surface area (Å²) in [6, 6.07) is 7.76. The second-order valence-electron chi connectivity index (χ2n) is 5.70. The van der Waals surface area contributed by atoms with Gasteiger partial charge in [-0.3, -0.25) is 14.9 Å². The minimum absolute atomic E-state index is 0.0675. The molecule has 0 aliphatic heterocycles. The van der Waals surface area contributed by atoms with Crippen LogP contribution in [0.5, 0.6) is 5.19 Å². The number of carbonyl (C=O) groups is 2. The zero-order valence-corrected chi connectivity index (χ0v) is 15.1. The van der Waals surface area contributed by atoms with Crippen LogP contribution in [0.2, 0.25) is 0 Å². The molecule has 3 rings (SSSR count). The highest BCUT2D eigenvalue weighted by atomic mass is 32.1. The van der Waals surface area contributed by atoms with Gasteiger partial charge in [0.25, 0.3) is 16.8 Å². The molecule has 0 saturated heterocycles. The third-order valence-electron chi connectivity index (χ3n) is 3.90. The van der Waals surface area contributed by atoms with Gasteiger partial charge in [0.15, 0.2) is 0 Å².